The highest BCUT2D eigenvalue weighted by Gasteiger charge is 2.24. The van der Waals surface area contributed by atoms with E-state index in [4.69, 9.17) is 0 Å². The third kappa shape index (κ3) is 4.49. The molecule has 0 radical (unpaired) electrons. The lowest BCUT2D eigenvalue weighted by atomic mass is 9.91. The Balaban J connectivity index is 2.19. The van der Waals surface area contributed by atoms with Crippen molar-refractivity contribution in [3.63, 3.8) is 0 Å². The summed E-state index contributed by atoms with van der Waals surface area (Å²) in [5.74, 6) is 0.988. The third-order valence-corrected chi connectivity index (χ3v) is 3.27. The number of nitrogens with one attached hydrogen (secondary N) is 2. The van der Waals surface area contributed by atoms with Crippen molar-refractivity contribution in [3.8, 4) is 0 Å². The zero-order chi connectivity index (χ0) is 12.0. The smallest absolute Gasteiger partial charge is 0.224 e. The van der Waals surface area contributed by atoms with Gasteiger partial charge in [0, 0.05) is 19.6 Å². The van der Waals surface area contributed by atoms with Crippen LogP contribution in [0.2, 0.25) is 0 Å². The Morgan fingerprint density at radius 2 is 2.25 bits per heavy atom. The second-order valence-electron chi connectivity index (χ2n) is 4.88. The maximum atomic E-state index is 11.8. The van der Waals surface area contributed by atoms with E-state index >= 15 is 0 Å². The molecule has 1 fully saturated rings. The predicted molar refractivity (Wildman–Crippen MR) is 66.3 cm³/mol. The average Bonchev–Trinajstić information content (AvgIpc) is 2.28. The molecule has 0 aromatic carbocycles. The molecule has 4 heteroatoms. The summed E-state index contributed by atoms with van der Waals surface area (Å²) in [6.45, 7) is 8.90. The van der Waals surface area contributed by atoms with Crippen molar-refractivity contribution in [1.82, 2.24) is 15.5 Å². The first-order valence-corrected chi connectivity index (χ1v) is 6.30. The molecular weight excluding hydrogens is 202 g/mol. The van der Waals surface area contributed by atoms with Gasteiger partial charge >= 0.3 is 0 Å². The number of carbonyl (C=O) groups is 1. The third-order valence-electron chi connectivity index (χ3n) is 3.27. The first-order chi connectivity index (χ1) is 7.63. The van der Waals surface area contributed by atoms with Gasteiger partial charge in [0.05, 0.1) is 5.92 Å². The van der Waals surface area contributed by atoms with Gasteiger partial charge < -0.3 is 15.5 Å². The zero-order valence-corrected chi connectivity index (χ0v) is 10.8. The van der Waals surface area contributed by atoms with E-state index in [-0.39, 0.29) is 11.8 Å². The Morgan fingerprint density at radius 1 is 1.50 bits per heavy atom. The number of piperidine rings is 1. The summed E-state index contributed by atoms with van der Waals surface area (Å²) in [4.78, 5) is 14.0. The Kier molecular flexibility index (Phi) is 5.77. The van der Waals surface area contributed by atoms with Crippen LogP contribution < -0.4 is 10.6 Å². The van der Waals surface area contributed by atoms with Crippen LogP contribution >= 0.6 is 0 Å². The fraction of sp³-hybridized carbons (Fsp3) is 0.917. The summed E-state index contributed by atoms with van der Waals surface area (Å²) in [7, 11) is 2.07. The molecule has 1 saturated heterocycles. The predicted octanol–water partition coefficient (Wildman–Crippen LogP) is 0.300. The molecule has 0 bridgehead atoms. The van der Waals surface area contributed by atoms with Crippen LogP contribution in [0.5, 0.6) is 0 Å². The monoisotopic (exact) mass is 227 g/mol. The van der Waals surface area contributed by atoms with Crippen LogP contribution in [0, 0.1) is 11.8 Å². The standard InChI is InChI=1S/C12H25N3O/c1-4-15(3)6-5-14-12(16)11-7-10(2)8-13-9-11/h10-11,13H,4-9H2,1-3H3,(H,14,16). The number of nitrogens with zero attached hydrogens (tertiary/aromatic N) is 1. The molecule has 1 heterocycles. The molecule has 4 nitrogen and oxygen atoms in total. The molecule has 94 valence electrons. The minimum atomic E-state index is 0.163. The van der Waals surface area contributed by atoms with Crippen LogP contribution in [-0.2, 0) is 4.79 Å². The molecule has 2 N–H and O–H groups in total. The summed E-state index contributed by atoms with van der Waals surface area (Å²) in [6, 6.07) is 0. The molecule has 0 aliphatic carbocycles. The Bertz CT molecular complexity index is 220. The van der Waals surface area contributed by atoms with Gasteiger partial charge in [-0.3, -0.25) is 4.79 Å². The second kappa shape index (κ2) is 6.86. The molecule has 1 rings (SSSR count). The van der Waals surface area contributed by atoms with E-state index in [0.717, 1.165) is 39.1 Å². The van der Waals surface area contributed by atoms with Gasteiger partial charge in [0.1, 0.15) is 0 Å². The SMILES string of the molecule is CCN(C)CCNC(=O)C1CNCC(C)C1. The minimum absolute atomic E-state index is 0.163. The maximum absolute atomic E-state index is 11.8. The Labute approximate surface area is 98.8 Å². The quantitative estimate of drug-likeness (QED) is 0.710. The van der Waals surface area contributed by atoms with E-state index in [1.54, 1.807) is 0 Å². The second-order valence-corrected chi connectivity index (χ2v) is 4.88. The summed E-state index contributed by atoms with van der Waals surface area (Å²) >= 11 is 0. The van der Waals surface area contributed by atoms with Gasteiger partial charge in [-0.2, -0.15) is 0 Å². The van der Waals surface area contributed by atoms with Crippen LogP contribution in [0.3, 0.4) is 0 Å². The van der Waals surface area contributed by atoms with Gasteiger partial charge in [-0.1, -0.05) is 13.8 Å². The van der Waals surface area contributed by atoms with E-state index in [9.17, 15) is 4.79 Å². The molecule has 2 atom stereocenters. The van der Waals surface area contributed by atoms with Gasteiger partial charge in [0.25, 0.3) is 0 Å². The molecule has 2 unspecified atom stereocenters. The fourth-order valence-corrected chi connectivity index (χ4v) is 2.03. The number of hydrogen-bond donors (Lipinski definition) is 2. The molecule has 16 heavy (non-hydrogen) atoms. The molecule has 0 aromatic rings. The van der Waals surface area contributed by atoms with Crippen LogP contribution in [0.25, 0.3) is 0 Å². The van der Waals surface area contributed by atoms with E-state index in [2.05, 4.69) is 36.4 Å². The van der Waals surface area contributed by atoms with Gasteiger partial charge in [-0.05, 0) is 32.5 Å². The highest BCUT2D eigenvalue weighted by atomic mass is 16.1. The largest absolute Gasteiger partial charge is 0.355 e. The molecule has 0 saturated carbocycles. The van der Waals surface area contributed by atoms with Crippen molar-refractivity contribution in [2.45, 2.75) is 20.3 Å². The normalized spacial score (nSPS) is 25.8. The minimum Gasteiger partial charge on any atom is -0.355 e. The van der Waals surface area contributed by atoms with Crippen molar-refractivity contribution in [2.75, 3.05) is 39.8 Å². The molecule has 1 amide bonds. The number of amides is 1. The van der Waals surface area contributed by atoms with Crippen LogP contribution in [0.1, 0.15) is 20.3 Å². The molecule has 1 aliphatic rings. The number of carbonyl (C=O) groups excluding carboxylic acids is 1. The fourth-order valence-electron chi connectivity index (χ4n) is 2.03. The van der Waals surface area contributed by atoms with Crippen molar-refractivity contribution in [3.05, 3.63) is 0 Å². The highest BCUT2D eigenvalue weighted by molar-refractivity contribution is 5.79. The molecular formula is C12H25N3O. The lowest BCUT2D eigenvalue weighted by Crippen LogP contribution is -2.44. The van der Waals surface area contributed by atoms with E-state index in [1.807, 2.05) is 0 Å². The van der Waals surface area contributed by atoms with Gasteiger partial charge in [-0.15, -0.1) is 0 Å². The van der Waals surface area contributed by atoms with E-state index in [0.29, 0.717) is 5.92 Å². The first-order valence-electron chi connectivity index (χ1n) is 6.30. The van der Waals surface area contributed by atoms with Gasteiger partial charge in [0.2, 0.25) is 5.91 Å². The molecule has 0 spiro atoms. The van der Waals surface area contributed by atoms with Crippen molar-refractivity contribution < 1.29 is 4.79 Å². The highest BCUT2D eigenvalue weighted by Crippen LogP contribution is 2.15. The topological polar surface area (TPSA) is 44.4 Å². The van der Waals surface area contributed by atoms with Gasteiger partial charge in [-0.25, -0.2) is 0 Å². The summed E-state index contributed by atoms with van der Waals surface area (Å²) < 4.78 is 0. The first kappa shape index (κ1) is 13.5. The van der Waals surface area contributed by atoms with Crippen molar-refractivity contribution >= 4 is 5.91 Å². The molecule has 1 aliphatic heterocycles. The number of hydrogen-bond acceptors (Lipinski definition) is 3. The molecule has 0 aromatic heterocycles. The Morgan fingerprint density at radius 3 is 2.88 bits per heavy atom. The lowest BCUT2D eigenvalue weighted by molar-refractivity contribution is -0.125. The van der Waals surface area contributed by atoms with E-state index < -0.39 is 0 Å². The van der Waals surface area contributed by atoms with Crippen molar-refractivity contribution in [1.29, 1.82) is 0 Å². The van der Waals surface area contributed by atoms with Crippen LogP contribution in [0.4, 0.5) is 0 Å². The van der Waals surface area contributed by atoms with Crippen molar-refractivity contribution in [2.24, 2.45) is 11.8 Å². The zero-order valence-electron chi connectivity index (χ0n) is 10.8. The Hall–Kier alpha value is -0.610. The lowest BCUT2D eigenvalue weighted by Gasteiger charge is -2.27. The van der Waals surface area contributed by atoms with Crippen LogP contribution in [-0.4, -0.2) is 50.6 Å². The van der Waals surface area contributed by atoms with Crippen LogP contribution in [0.15, 0.2) is 0 Å². The summed E-state index contributed by atoms with van der Waals surface area (Å²) in [5, 5.41) is 6.32. The summed E-state index contributed by atoms with van der Waals surface area (Å²) in [5.41, 5.74) is 0. The van der Waals surface area contributed by atoms with E-state index in [1.165, 1.54) is 0 Å². The maximum Gasteiger partial charge on any atom is 0.224 e. The number of rotatable bonds is 5. The number of likely N-dealkylation sites (N-methyl/N-ethyl adjacent to an activating group) is 1. The average molecular weight is 227 g/mol. The summed E-state index contributed by atoms with van der Waals surface area (Å²) in [6.07, 6.45) is 1.02. The van der Waals surface area contributed by atoms with Gasteiger partial charge in [0.15, 0.2) is 0 Å².